The molecule has 1 N–H and O–H groups in total. The third-order valence-corrected chi connectivity index (χ3v) is 2.96. The summed E-state index contributed by atoms with van der Waals surface area (Å²) in [5.41, 5.74) is 0. The van der Waals surface area contributed by atoms with Gasteiger partial charge in [0.1, 0.15) is 16.8 Å². The van der Waals surface area contributed by atoms with Crippen LogP contribution in [0, 0.1) is 0 Å². The van der Waals surface area contributed by atoms with Crippen molar-refractivity contribution in [1.82, 2.24) is 9.97 Å². The second-order valence-corrected chi connectivity index (χ2v) is 4.99. The molecule has 0 aliphatic carbocycles. The van der Waals surface area contributed by atoms with Crippen molar-refractivity contribution in [2.75, 3.05) is 18.5 Å². The summed E-state index contributed by atoms with van der Waals surface area (Å²) >= 11 is 5.97. The Balaban J connectivity index is 1.99. The summed E-state index contributed by atoms with van der Waals surface area (Å²) in [6.45, 7) is 5.75. The van der Waals surface area contributed by atoms with E-state index in [9.17, 15) is 0 Å². The van der Waals surface area contributed by atoms with E-state index in [0.717, 1.165) is 37.6 Å². The largest absolute Gasteiger partial charge is 0.376 e. The van der Waals surface area contributed by atoms with Crippen LogP contribution in [0.15, 0.2) is 6.07 Å². The molecule has 17 heavy (non-hydrogen) atoms. The minimum Gasteiger partial charge on any atom is -0.376 e. The maximum absolute atomic E-state index is 5.97. The van der Waals surface area contributed by atoms with Crippen molar-refractivity contribution in [2.45, 2.75) is 38.7 Å². The summed E-state index contributed by atoms with van der Waals surface area (Å²) in [4.78, 5) is 8.63. The molecule has 0 saturated carbocycles. The monoisotopic (exact) mass is 255 g/mol. The Labute approximate surface area is 107 Å². The highest BCUT2D eigenvalue weighted by Gasteiger charge is 2.15. The number of anilines is 1. The fourth-order valence-corrected chi connectivity index (χ4v) is 2.00. The minimum absolute atomic E-state index is 0.275. The quantitative estimate of drug-likeness (QED) is 0.841. The zero-order valence-corrected chi connectivity index (χ0v) is 11.0. The smallest absolute Gasteiger partial charge is 0.135 e. The van der Waals surface area contributed by atoms with E-state index in [1.807, 2.05) is 0 Å². The maximum atomic E-state index is 5.97. The number of nitrogens with zero attached hydrogens (tertiary/aromatic N) is 2. The number of ether oxygens (including phenoxy) is 1. The topological polar surface area (TPSA) is 47.0 Å². The van der Waals surface area contributed by atoms with Crippen LogP contribution in [0.3, 0.4) is 0 Å². The van der Waals surface area contributed by atoms with E-state index < -0.39 is 0 Å². The van der Waals surface area contributed by atoms with Gasteiger partial charge in [-0.3, -0.25) is 0 Å². The number of hydrogen-bond acceptors (Lipinski definition) is 4. The van der Waals surface area contributed by atoms with Gasteiger partial charge >= 0.3 is 0 Å². The highest BCUT2D eigenvalue weighted by atomic mass is 35.5. The van der Waals surface area contributed by atoms with Crippen LogP contribution in [-0.2, 0) is 4.74 Å². The molecule has 0 unspecified atom stereocenters. The molecule has 0 aromatic carbocycles. The zero-order valence-electron chi connectivity index (χ0n) is 10.2. The molecule has 1 saturated heterocycles. The first-order chi connectivity index (χ1) is 8.15. The van der Waals surface area contributed by atoms with Gasteiger partial charge in [-0.15, -0.1) is 0 Å². The highest BCUT2D eigenvalue weighted by molar-refractivity contribution is 6.29. The Kier molecular flexibility index (Phi) is 4.18. The van der Waals surface area contributed by atoms with Crippen LogP contribution in [0.1, 0.15) is 38.4 Å². The lowest BCUT2D eigenvalue weighted by Gasteiger charge is -2.12. The van der Waals surface area contributed by atoms with Crippen LogP contribution < -0.4 is 5.32 Å². The molecule has 2 rings (SSSR count). The van der Waals surface area contributed by atoms with E-state index in [2.05, 4.69) is 29.1 Å². The number of halogens is 1. The van der Waals surface area contributed by atoms with Crippen molar-refractivity contribution in [2.24, 2.45) is 0 Å². The lowest BCUT2D eigenvalue weighted by Crippen LogP contribution is -2.19. The van der Waals surface area contributed by atoms with Gasteiger partial charge in [-0.05, 0) is 12.8 Å². The number of aromatic nitrogens is 2. The second-order valence-electron chi connectivity index (χ2n) is 4.60. The van der Waals surface area contributed by atoms with Crippen molar-refractivity contribution >= 4 is 17.4 Å². The molecule has 0 radical (unpaired) electrons. The SMILES string of the molecule is CC(C)c1nc(Cl)cc(NC[C@@H]2CCCO2)n1. The molecule has 5 heteroatoms. The van der Waals surface area contributed by atoms with Crippen LogP contribution >= 0.6 is 11.6 Å². The minimum atomic E-state index is 0.275. The van der Waals surface area contributed by atoms with Crippen molar-refractivity contribution < 1.29 is 4.74 Å². The summed E-state index contributed by atoms with van der Waals surface area (Å²) < 4.78 is 5.54. The molecule has 1 aromatic heterocycles. The molecule has 4 nitrogen and oxygen atoms in total. The van der Waals surface area contributed by atoms with Gasteiger partial charge in [-0.1, -0.05) is 25.4 Å². The first-order valence-corrected chi connectivity index (χ1v) is 6.43. The Morgan fingerprint density at radius 3 is 3.00 bits per heavy atom. The van der Waals surface area contributed by atoms with Crippen LogP contribution in [0.4, 0.5) is 5.82 Å². The van der Waals surface area contributed by atoms with Gasteiger partial charge < -0.3 is 10.1 Å². The summed E-state index contributed by atoms with van der Waals surface area (Å²) in [5.74, 6) is 1.83. The summed E-state index contributed by atoms with van der Waals surface area (Å²) in [7, 11) is 0. The van der Waals surface area contributed by atoms with E-state index in [1.54, 1.807) is 6.07 Å². The molecule has 1 aliphatic rings. The molecule has 1 aromatic rings. The molecule has 94 valence electrons. The summed E-state index contributed by atoms with van der Waals surface area (Å²) in [6, 6.07) is 1.75. The van der Waals surface area contributed by atoms with E-state index in [0.29, 0.717) is 11.3 Å². The lowest BCUT2D eigenvalue weighted by molar-refractivity contribution is 0.120. The standard InChI is InChI=1S/C12H18ClN3O/c1-8(2)12-15-10(13)6-11(16-12)14-7-9-4-3-5-17-9/h6,8-9H,3-5,7H2,1-2H3,(H,14,15,16)/t9-/m0/s1. The molecule has 0 bridgehead atoms. The summed E-state index contributed by atoms with van der Waals surface area (Å²) in [5, 5.41) is 3.75. The molecule has 0 spiro atoms. The van der Waals surface area contributed by atoms with Gasteiger partial charge in [-0.25, -0.2) is 9.97 Å². The van der Waals surface area contributed by atoms with E-state index >= 15 is 0 Å². The van der Waals surface area contributed by atoms with E-state index in [1.165, 1.54) is 0 Å². The van der Waals surface area contributed by atoms with Gasteiger partial charge in [0.15, 0.2) is 0 Å². The normalized spacial score (nSPS) is 19.9. The first-order valence-electron chi connectivity index (χ1n) is 6.05. The van der Waals surface area contributed by atoms with Gasteiger partial charge in [0.2, 0.25) is 0 Å². The van der Waals surface area contributed by atoms with Crippen molar-refractivity contribution in [3.63, 3.8) is 0 Å². The highest BCUT2D eigenvalue weighted by Crippen LogP contribution is 2.18. The van der Waals surface area contributed by atoms with Crippen molar-refractivity contribution in [3.8, 4) is 0 Å². The Hall–Kier alpha value is -0.870. The fourth-order valence-electron chi connectivity index (χ4n) is 1.81. The summed E-state index contributed by atoms with van der Waals surface area (Å²) in [6.07, 6.45) is 2.56. The third-order valence-electron chi connectivity index (χ3n) is 2.76. The predicted octanol–water partition coefficient (Wildman–Crippen LogP) is 2.84. The molecular formula is C12H18ClN3O. The molecule has 0 amide bonds. The molecule has 2 heterocycles. The van der Waals surface area contributed by atoms with Crippen molar-refractivity contribution in [3.05, 3.63) is 17.0 Å². The van der Waals surface area contributed by atoms with Crippen molar-refractivity contribution in [1.29, 1.82) is 0 Å². The number of hydrogen-bond donors (Lipinski definition) is 1. The number of rotatable bonds is 4. The third kappa shape index (κ3) is 3.54. The number of nitrogens with one attached hydrogen (secondary N) is 1. The molecular weight excluding hydrogens is 238 g/mol. The average molecular weight is 256 g/mol. The Morgan fingerprint density at radius 2 is 2.35 bits per heavy atom. The van der Waals surface area contributed by atoms with Gasteiger partial charge in [0, 0.05) is 25.1 Å². The maximum Gasteiger partial charge on any atom is 0.135 e. The molecule has 1 fully saturated rings. The van der Waals surface area contributed by atoms with Crippen LogP contribution in [-0.4, -0.2) is 29.2 Å². The predicted molar refractivity (Wildman–Crippen MR) is 68.6 cm³/mol. The fraction of sp³-hybridized carbons (Fsp3) is 0.667. The van der Waals surface area contributed by atoms with Gasteiger partial charge in [-0.2, -0.15) is 0 Å². The zero-order chi connectivity index (χ0) is 12.3. The first kappa shape index (κ1) is 12.6. The van der Waals surface area contributed by atoms with Gasteiger partial charge in [0.25, 0.3) is 0 Å². The van der Waals surface area contributed by atoms with Crippen LogP contribution in [0.5, 0.6) is 0 Å². The van der Waals surface area contributed by atoms with Gasteiger partial charge in [0.05, 0.1) is 6.10 Å². The average Bonchev–Trinajstić information content (AvgIpc) is 2.78. The molecule has 1 aliphatic heterocycles. The van der Waals surface area contributed by atoms with Crippen LogP contribution in [0.25, 0.3) is 0 Å². The lowest BCUT2D eigenvalue weighted by atomic mass is 10.2. The van der Waals surface area contributed by atoms with E-state index in [-0.39, 0.29) is 5.92 Å². The second kappa shape index (κ2) is 5.65. The van der Waals surface area contributed by atoms with Crippen LogP contribution in [0.2, 0.25) is 5.15 Å². The van der Waals surface area contributed by atoms with E-state index in [4.69, 9.17) is 16.3 Å². The Morgan fingerprint density at radius 1 is 1.53 bits per heavy atom. The molecule has 1 atom stereocenters. The Bertz CT molecular complexity index is 378.